The van der Waals surface area contributed by atoms with Gasteiger partial charge in [0.1, 0.15) is 0 Å². The van der Waals surface area contributed by atoms with Crippen molar-refractivity contribution < 1.29 is 18.3 Å². The molecule has 1 unspecified atom stereocenters. The molecule has 0 fully saturated rings. The average Bonchev–Trinajstić information content (AvgIpc) is 2.37. The Labute approximate surface area is 114 Å². The third-order valence-electron chi connectivity index (χ3n) is 3.22. The zero-order valence-corrected chi connectivity index (χ0v) is 11.8. The molecule has 0 aromatic heterocycles. The minimum atomic E-state index is -2.64. The van der Waals surface area contributed by atoms with E-state index in [1.54, 1.807) is 13.2 Å². The molecule has 1 atom stereocenters. The lowest BCUT2D eigenvalue weighted by molar-refractivity contribution is -0.0369. The first-order valence-corrected chi connectivity index (χ1v) is 6.84. The molecule has 0 saturated heterocycles. The lowest BCUT2D eigenvalue weighted by Crippen LogP contribution is -2.19. The molecule has 110 valence electrons. The molecule has 0 spiro atoms. The van der Waals surface area contributed by atoms with Gasteiger partial charge in [0, 0.05) is 20.0 Å². The molecule has 2 nitrogen and oxygen atoms in total. The van der Waals surface area contributed by atoms with Crippen molar-refractivity contribution >= 4 is 0 Å². The first-order chi connectivity index (χ1) is 9.03. The first kappa shape index (κ1) is 16.3. The van der Waals surface area contributed by atoms with Crippen LogP contribution in [0, 0.1) is 0 Å². The number of rotatable bonds is 1. The molecule has 0 aliphatic carbocycles. The highest BCUT2D eigenvalue weighted by Gasteiger charge is 2.27. The van der Waals surface area contributed by atoms with Crippen LogP contribution in [-0.2, 0) is 9.47 Å². The van der Waals surface area contributed by atoms with Crippen LogP contribution < -0.4 is 0 Å². The van der Waals surface area contributed by atoms with Gasteiger partial charge in [-0.25, -0.2) is 8.78 Å². The third-order valence-corrected chi connectivity index (χ3v) is 3.22. The topological polar surface area (TPSA) is 18.5 Å². The molecule has 0 aromatic carbocycles. The van der Waals surface area contributed by atoms with Gasteiger partial charge in [0.2, 0.25) is 0 Å². The lowest BCUT2D eigenvalue weighted by Gasteiger charge is -2.16. The summed E-state index contributed by atoms with van der Waals surface area (Å²) in [7, 11) is 1.65. The summed E-state index contributed by atoms with van der Waals surface area (Å²) in [5, 5.41) is 0. The standard InChI is InChI=1S/C15H24F2O2/c1-13-6-5-8-14(18-2)7-3-4-9-15(16,17)10-11-19-12-13/h3,6-7,14H,4-5,8-12H2,1-2H3/b7-3+,13-6-. The highest BCUT2D eigenvalue weighted by molar-refractivity contribution is 5.00. The molecule has 0 saturated carbocycles. The monoisotopic (exact) mass is 274 g/mol. The number of ether oxygens (including phenoxy) is 2. The van der Waals surface area contributed by atoms with E-state index in [0.29, 0.717) is 13.0 Å². The maximum Gasteiger partial charge on any atom is 0.250 e. The van der Waals surface area contributed by atoms with Gasteiger partial charge in [-0.3, -0.25) is 0 Å². The molecule has 0 amide bonds. The summed E-state index contributed by atoms with van der Waals surface area (Å²) in [6.45, 7) is 2.51. The summed E-state index contributed by atoms with van der Waals surface area (Å²) < 4.78 is 37.6. The second kappa shape index (κ2) is 8.43. The number of allylic oxidation sites excluding steroid dienone is 2. The van der Waals surface area contributed by atoms with Crippen molar-refractivity contribution in [3.8, 4) is 0 Å². The fourth-order valence-electron chi connectivity index (χ4n) is 1.97. The van der Waals surface area contributed by atoms with Crippen LogP contribution in [0.3, 0.4) is 0 Å². The Morgan fingerprint density at radius 3 is 2.84 bits per heavy atom. The Bertz CT molecular complexity index is 311. The highest BCUT2D eigenvalue weighted by Crippen LogP contribution is 2.25. The number of alkyl halides is 2. The third kappa shape index (κ3) is 7.43. The van der Waals surface area contributed by atoms with Crippen molar-refractivity contribution in [2.24, 2.45) is 0 Å². The van der Waals surface area contributed by atoms with Gasteiger partial charge in [0.25, 0.3) is 5.92 Å². The Morgan fingerprint density at radius 1 is 1.32 bits per heavy atom. The maximum atomic E-state index is 13.5. The van der Waals surface area contributed by atoms with Crippen molar-refractivity contribution in [3.63, 3.8) is 0 Å². The van der Waals surface area contributed by atoms with Gasteiger partial charge in [-0.05, 0) is 26.2 Å². The number of halogens is 2. The van der Waals surface area contributed by atoms with Crippen LogP contribution in [0.1, 0.15) is 39.0 Å². The summed E-state index contributed by atoms with van der Waals surface area (Å²) >= 11 is 0. The molecule has 1 rings (SSSR count). The number of hydrogen-bond donors (Lipinski definition) is 0. The Hall–Kier alpha value is -0.740. The average molecular weight is 274 g/mol. The van der Waals surface area contributed by atoms with Crippen molar-refractivity contribution in [2.75, 3.05) is 20.3 Å². The molecule has 0 aromatic rings. The van der Waals surface area contributed by atoms with E-state index in [0.717, 1.165) is 18.4 Å². The van der Waals surface area contributed by atoms with Crippen LogP contribution in [0.25, 0.3) is 0 Å². The number of methoxy groups -OCH3 is 1. The second-order valence-corrected chi connectivity index (χ2v) is 5.03. The smallest absolute Gasteiger partial charge is 0.250 e. The highest BCUT2D eigenvalue weighted by atomic mass is 19.3. The van der Waals surface area contributed by atoms with E-state index < -0.39 is 5.92 Å². The van der Waals surface area contributed by atoms with E-state index in [1.807, 2.05) is 13.0 Å². The molecular formula is C15H24F2O2. The van der Waals surface area contributed by atoms with Gasteiger partial charge >= 0.3 is 0 Å². The summed E-state index contributed by atoms with van der Waals surface area (Å²) in [5.41, 5.74) is 1.08. The van der Waals surface area contributed by atoms with E-state index in [2.05, 4.69) is 6.08 Å². The molecule has 1 aliphatic rings. The maximum absolute atomic E-state index is 13.5. The van der Waals surface area contributed by atoms with E-state index in [4.69, 9.17) is 9.47 Å². The summed E-state index contributed by atoms with van der Waals surface area (Å²) in [6, 6.07) is 0. The van der Waals surface area contributed by atoms with Crippen molar-refractivity contribution in [2.45, 2.75) is 51.1 Å². The van der Waals surface area contributed by atoms with Crippen LogP contribution in [0.5, 0.6) is 0 Å². The molecule has 0 radical (unpaired) electrons. The fraction of sp³-hybridized carbons (Fsp3) is 0.733. The Kier molecular flexibility index (Phi) is 7.24. The van der Waals surface area contributed by atoms with Crippen LogP contribution in [-0.4, -0.2) is 32.4 Å². The molecular weight excluding hydrogens is 250 g/mol. The first-order valence-electron chi connectivity index (χ1n) is 6.84. The van der Waals surface area contributed by atoms with E-state index in [-0.39, 0.29) is 25.6 Å². The van der Waals surface area contributed by atoms with Gasteiger partial charge < -0.3 is 9.47 Å². The normalized spacial score (nSPS) is 30.9. The lowest BCUT2D eigenvalue weighted by atomic mass is 10.1. The van der Waals surface area contributed by atoms with Gasteiger partial charge in [-0.2, -0.15) is 0 Å². The summed E-state index contributed by atoms with van der Waals surface area (Å²) in [6.07, 6.45) is 7.59. The van der Waals surface area contributed by atoms with Gasteiger partial charge in [0.15, 0.2) is 0 Å². The zero-order valence-electron chi connectivity index (χ0n) is 11.8. The van der Waals surface area contributed by atoms with Crippen LogP contribution in [0.4, 0.5) is 8.78 Å². The predicted octanol–water partition coefficient (Wildman–Crippen LogP) is 4.12. The van der Waals surface area contributed by atoms with Crippen LogP contribution in [0.2, 0.25) is 0 Å². The van der Waals surface area contributed by atoms with E-state index in [9.17, 15) is 8.78 Å². The summed E-state index contributed by atoms with van der Waals surface area (Å²) in [5.74, 6) is -2.64. The minimum Gasteiger partial charge on any atom is -0.377 e. The van der Waals surface area contributed by atoms with Gasteiger partial charge in [-0.15, -0.1) is 0 Å². The van der Waals surface area contributed by atoms with Crippen molar-refractivity contribution in [1.82, 2.24) is 0 Å². The molecule has 19 heavy (non-hydrogen) atoms. The van der Waals surface area contributed by atoms with Crippen molar-refractivity contribution in [3.05, 3.63) is 23.8 Å². The molecule has 1 aliphatic heterocycles. The van der Waals surface area contributed by atoms with Crippen LogP contribution >= 0.6 is 0 Å². The van der Waals surface area contributed by atoms with E-state index in [1.165, 1.54) is 0 Å². The molecule has 1 heterocycles. The van der Waals surface area contributed by atoms with E-state index >= 15 is 0 Å². The fourth-order valence-corrected chi connectivity index (χ4v) is 1.97. The van der Waals surface area contributed by atoms with Crippen molar-refractivity contribution in [1.29, 1.82) is 0 Å². The molecule has 4 heteroatoms. The molecule has 0 bridgehead atoms. The Balaban J connectivity index is 2.60. The van der Waals surface area contributed by atoms with Crippen LogP contribution in [0.15, 0.2) is 23.8 Å². The SMILES string of the molecule is COC1/C=C/CCC(F)(F)CCOC/C(C)=C\CC1. The quantitative estimate of drug-likeness (QED) is 0.670. The van der Waals surface area contributed by atoms with Gasteiger partial charge in [0.05, 0.1) is 19.3 Å². The number of hydrogen-bond acceptors (Lipinski definition) is 2. The van der Waals surface area contributed by atoms with Gasteiger partial charge in [-0.1, -0.05) is 23.8 Å². The second-order valence-electron chi connectivity index (χ2n) is 5.03. The largest absolute Gasteiger partial charge is 0.377 e. The Morgan fingerprint density at radius 2 is 2.11 bits per heavy atom. The minimum absolute atomic E-state index is 0.00142. The molecule has 0 N–H and O–H groups in total. The predicted molar refractivity (Wildman–Crippen MR) is 72.5 cm³/mol. The summed E-state index contributed by atoms with van der Waals surface area (Å²) in [4.78, 5) is 0. The zero-order chi connectivity index (χ0) is 14.1.